The Balaban J connectivity index is 1.88. The Hall–Kier alpha value is -3.55. The van der Waals surface area contributed by atoms with Gasteiger partial charge < -0.3 is 20.3 Å². The number of aromatic hydroxyl groups is 1. The summed E-state index contributed by atoms with van der Waals surface area (Å²) in [5.74, 6) is -2.24. The number of carbonyl (C=O) groups excluding carboxylic acids is 2. The largest absolute Gasteiger partial charge is 0.507 e. The van der Waals surface area contributed by atoms with E-state index in [4.69, 9.17) is 9.84 Å². The molecule has 0 saturated carbocycles. The molecule has 2 aromatic rings. The van der Waals surface area contributed by atoms with Crippen LogP contribution in [-0.2, 0) is 9.59 Å². The predicted octanol–water partition coefficient (Wildman–Crippen LogP) is 1.84. The van der Waals surface area contributed by atoms with Gasteiger partial charge in [-0.2, -0.15) is 0 Å². The fourth-order valence-electron chi connectivity index (χ4n) is 2.80. The number of benzene rings is 2. The van der Waals surface area contributed by atoms with Crippen LogP contribution in [0.15, 0.2) is 42.5 Å². The van der Waals surface area contributed by atoms with E-state index in [0.29, 0.717) is 11.4 Å². The summed E-state index contributed by atoms with van der Waals surface area (Å²) in [4.78, 5) is 37.1. The number of nitrogens with zero attached hydrogens (tertiary/aromatic N) is 1. The zero-order chi connectivity index (χ0) is 18.8. The van der Waals surface area contributed by atoms with E-state index >= 15 is 0 Å². The zero-order valence-electron chi connectivity index (χ0n) is 13.8. The Morgan fingerprint density at radius 3 is 2.65 bits per heavy atom. The highest BCUT2D eigenvalue weighted by Gasteiger charge is 2.40. The number of para-hydroxylation sites is 2. The highest BCUT2D eigenvalue weighted by molar-refractivity contribution is 6.23. The molecule has 134 valence electrons. The molecular formula is C18H16N2O6. The summed E-state index contributed by atoms with van der Waals surface area (Å²) < 4.78 is 5.22. The summed E-state index contributed by atoms with van der Waals surface area (Å²) in [6, 6.07) is 9.75. The minimum atomic E-state index is -1.35. The van der Waals surface area contributed by atoms with Gasteiger partial charge in [0.2, 0.25) is 5.91 Å². The molecule has 1 saturated heterocycles. The van der Waals surface area contributed by atoms with Crippen molar-refractivity contribution in [2.75, 3.05) is 17.3 Å². The fraction of sp³-hybridized carbons (Fsp3) is 0.167. The highest BCUT2D eigenvalue weighted by atomic mass is 16.5. The van der Waals surface area contributed by atoms with Crippen LogP contribution in [0.5, 0.6) is 11.5 Å². The maximum atomic E-state index is 12.7. The maximum Gasteiger partial charge on any atom is 0.339 e. The third-order valence-corrected chi connectivity index (χ3v) is 4.05. The van der Waals surface area contributed by atoms with Gasteiger partial charge in [-0.15, -0.1) is 0 Å². The molecule has 1 fully saturated rings. The lowest BCUT2D eigenvalue weighted by Crippen LogP contribution is -2.35. The molecule has 2 aromatic carbocycles. The van der Waals surface area contributed by atoms with Gasteiger partial charge in [-0.3, -0.25) is 9.59 Å². The van der Waals surface area contributed by atoms with Crippen molar-refractivity contribution in [1.29, 1.82) is 0 Å². The molecule has 1 atom stereocenters. The molecule has 26 heavy (non-hydrogen) atoms. The summed E-state index contributed by atoms with van der Waals surface area (Å²) in [6.07, 6.45) is -0.0832. The second-order valence-corrected chi connectivity index (χ2v) is 5.68. The minimum Gasteiger partial charge on any atom is -0.507 e. The number of carboxylic acids is 1. The topological polar surface area (TPSA) is 116 Å². The van der Waals surface area contributed by atoms with Crippen molar-refractivity contribution in [3.8, 4) is 11.5 Å². The lowest BCUT2D eigenvalue weighted by Gasteiger charge is -2.17. The van der Waals surface area contributed by atoms with Crippen LogP contribution in [0.25, 0.3) is 0 Å². The maximum absolute atomic E-state index is 12.7. The SMILES string of the molecule is COc1ccccc1NC1CC(=O)N(c2ccc(O)c(C(=O)O)c2)C1=O. The number of rotatable bonds is 5. The first kappa shape index (κ1) is 17.3. The molecule has 0 spiro atoms. The average molecular weight is 356 g/mol. The van der Waals surface area contributed by atoms with Gasteiger partial charge in [0.25, 0.3) is 5.91 Å². The summed E-state index contributed by atoms with van der Waals surface area (Å²) in [5, 5.41) is 21.7. The smallest absolute Gasteiger partial charge is 0.339 e. The summed E-state index contributed by atoms with van der Waals surface area (Å²) in [5.41, 5.74) is 0.281. The van der Waals surface area contributed by atoms with E-state index in [1.165, 1.54) is 13.2 Å². The Kier molecular flexibility index (Phi) is 4.49. The number of aromatic carboxylic acids is 1. The van der Waals surface area contributed by atoms with Gasteiger partial charge in [0.15, 0.2) is 0 Å². The fourth-order valence-corrected chi connectivity index (χ4v) is 2.80. The first-order valence-corrected chi connectivity index (χ1v) is 7.75. The van der Waals surface area contributed by atoms with Gasteiger partial charge in [0.05, 0.1) is 24.9 Å². The number of ether oxygens (including phenoxy) is 1. The van der Waals surface area contributed by atoms with Crippen LogP contribution >= 0.6 is 0 Å². The van der Waals surface area contributed by atoms with E-state index in [1.54, 1.807) is 24.3 Å². The van der Waals surface area contributed by atoms with Gasteiger partial charge in [-0.25, -0.2) is 9.69 Å². The lowest BCUT2D eigenvalue weighted by atomic mass is 10.1. The molecule has 2 amide bonds. The molecule has 1 aliphatic heterocycles. The van der Waals surface area contributed by atoms with Crippen LogP contribution in [0.2, 0.25) is 0 Å². The number of phenols is 1. The molecule has 0 radical (unpaired) electrons. The zero-order valence-corrected chi connectivity index (χ0v) is 13.8. The molecule has 1 aliphatic rings. The van der Waals surface area contributed by atoms with Crippen LogP contribution in [0.4, 0.5) is 11.4 Å². The molecule has 3 N–H and O–H groups in total. The number of imide groups is 1. The lowest BCUT2D eigenvalue weighted by molar-refractivity contribution is -0.121. The van der Waals surface area contributed by atoms with Crippen molar-refractivity contribution < 1.29 is 29.3 Å². The van der Waals surface area contributed by atoms with Crippen LogP contribution in [0.1, 0.15) is 16.8 Å². The third-order valence-electron chi connectivity index (χ3n) is 4.05. The summed E-state index contributed by atoms with van der Waals surface area (Å²) in [7, 11) is 1.50. The second-order valence-electron chi connectivity index (χ2n) is 5.68. The van der Waals surface area contributed by atoms with Crippen LogP contribution < -0.4 is 15.0 Å². The normalized spacial score (nSPS) is 16.7. The first-order valence-electron chi connectivity index (χ1n) is 7.75. The van der Waals surface area contributed by atoms with E-state index < -0.39 is 29.6 Å². The average Bonchev–Trinajstić information content (AvgIpc) is 2.89. The molecule has 8 heteroatoms. The second kappa shape index (κ2) is 6.75. The number of methoxy groups -OCH3 is 1. The van der Waals surface area contributed by atoms with Gasteiger partial charge in [-0.05, 0) is 30.3 Å². The van der Waals surface area contributed by atoms with Crippen LogP contribution in [-0.4, -0.2) is 41.1 Å². The Morgan fingerprint density at radius 1 is 1.23 bits per heavy atom. The molecule has 8 nitrogen and oxygen atoms in total. The number of hydrogen-bond donors (Lipinski definition) is 3. The molecule has 0 aromatic heterocycles. The molecule has 0 aliphatic carbocycles. The third kappa shape index (κ3) is 3.04. The van der Waals surface area contributed by atoms with E-state index in [2.05, 4.69) is 5.32 Å². The van der Waals surface area contributed by atoms with Gasteiger partial charge in [0, 0.05) is 0 Å². The molecule has 0 bridgehead atoms. The van der Waals surface area contributed by atoms with E-state index in [-0.39, 0.29) is 17.7 Å². The van der Waals surface area contributed by atoms with E-state index in [1.807, 2.05) is 0 Å². The Labute approximate surface area is 148 Å². The van der Waals surface area contributed by atoms with Crippen molar-refractivity contribution in [3.63, 3.8) is 0 Å². The number of hydrogen-bond acceptors (Lipinski definition) is 6. The van der Waals surface area contributed by atoms with Gasteiger partial charge >= 0.3 is 5.97 Å². The summed E-state index contributed by atoms with van der Waals surface area (Å²) in [6.45, 7) is 0. The molecule has 1 heterocycles. The van der Waals surface area contributed by atoms with E-state index in [0.717, 1.165) is 17.0 Å². The van der Waals surface area contributed by atoms with Crippen LogP contribution in [0, 0.1) is 0 Å². The Bertz CT molecular complexity index is 895. The van der Waals surface area contributed by atoms with Gasteiger partial charge in [-0.1, -0.05) is 12.1 Å². The molecular weight excluding hydrogens is 340 g/mol. The van der Waals surface area contributed by atoms with Crippen LogP contribution in [0.3, 0.4) is 0 Å². The number of carboxylic acid groups (broad SMARTS) is 1. The quantitative estimate of drug-likeness (QED) is 0.700. The molecule has 3 rings (SSSR count). The number of nitrogens with one attached hydrogen (secondary N) is 1. The van der Waals surface area contributed by atoms with Crippen molar-refractivity contribution >= 4 is 29.2 Å². The van der Waals surface area contributed by atoms with Crippen molar-refractivity contribution in [1.82, 2.24) is 0 Å². The summed E-state index contributed by atoms with van der Waals surface area (Å²) >= 11 is 0. The number of carbonyl (C=O) groups is 3. The standard InChI is InChI=1S/C18H16N2O6/c1-26-15-5-3-2-4-12(15)19-13-9-16(22)20(17(13)23)10-6-7-14(21)11(8-10)18(24)25/h2-8,13,19,21H,9H2,1H3,(H,24,25). The number of amides is 2. The van der Waals surface area contributed by atoms with E-state index in [9.17, 15) is 19.5 Å². The Morgan fingerprint density at radius 2 is 1.96 bits per heavy atom. The van der Waals surface area contributed by atoms with Crippen molar-refractivity contribution in [2.24, 2.45) is 0 Å². The van der Waals surface area contributed by atoms with Crippen molar-refractivity contribution in [2.45, 2.75) is 12.5 Å². The van der Waals surface area contributed by atoms with Gasteiger partial charge in [0.1, 0.15) is 23.1 Å². The minimum absolute atomic E-state index is 0.0832. The van der Waals surface area contributed by atoms with Crippen molar-refractivity contribution in [3.05, 3.63) is 48.0 Å². The monoisotopic (exact) mass is 356 g/mol. The number of anilines is 2. The first-order chi connectivity index (χ1) is 12.4. The predicted molar refractivity (Wildman–Crippen MR) is 92.6 cm³/mol. The molecule has 1 unspecified atom stereocenters. The highest BCUT2D eigenvalue weighted by Crippen LogP contribution is 2.31.